The number of unbranched alkanes of at least 4 members (excludes halogenated alkanes) is 1. The lowest BCUT2D eigenvalue weighted by molar-refractivity contribution is 0.0932. The van der Waals surface area contributed by atoms with E-state index in [4.69, 9.17) is 0 Å². The maximum atomic E-state index is 13.5. The van der Waals surface area contributed by atoms with Crippen molar-refractivity contribution in [2.45, 2.75) is 40.5 Å². The standard InChI is InChI=1S/C19H23FN4O2/c1-5-6-9-21-18(25)16-17(23-13(4)12(3)22-16)19(26)24-15-10-14(20)8-7-11(15)2/h7-8,10H,5-6,9H2,1-4H3,(H,21,25)(H,24,26). The molecule has 6 nitrogen and oxygen atoms in total. The maximum absolute atomic E-state index is 13.5. The Bertz CT molecular complexity index is 837. The number of carbonyl (C=O) groups is 2. The summed E-state index contributed by atoms with van der Waals surface area (Å²) < 4.78 is 13.5. The molecule has 7 heteroatoms. The van der Waals surface area contributed by atoms with Crippen LogP contribution in [0.3, 0.4) is 0 Å². The molecule has 2 aromatic rings. The van der Waals surface area contributed by atoms with Gasteiger partial charge in [-0.3, -0.25) is 9.59 Å². The maximum Gasteiger partial charge on any atom is 0.276 e. The highest BCUT2D eigenvalue weighted by Gasteiger charge is 2.22. The SMILES string of the molecule is CCCCNC(=O)c1nc(C)c(C)nc1C(=O)Nc1cc(F)ccc1C. The van der Waals surface area contributed by atoms with Crippen LogP contribution in [0.15, 0.2) is 18.2 Å². The number of hydrogen-bond acceptors (Lipinski definition) is 4. The lowest BCUT2D eigenvalue weighted by atomic mass is 10.1. The molecule has 0 aliphatic heterocycles. The summed E-state index contributed by atoms with van der Waals surface area (Å²) in [5.74, 6) is -1.51. The van der Waals surface area contributed by atoms with Gasteiger partial charge in [-0.25, -0.2) is 14.4 Å². The van der Waals surface area contributed by atoms with Crippen molar-refractivity contribution < 1.29 is 14.0 Å². The Morgan fingerprint density at radius 3 is 2.27 bits per heavy atom. The second-order valence-corrected chi connectivity index (χ2v) is 6.11. The third kappa shape index (κ3) is 4.62. The molecule has 0 unspecified atom stereocenters. The molecular weight excluding hydrogens is 335 g/mol. The topological polar surface area (TPSA) is 84.0 Å². The summed E-state index contributed by atoms with van der Waals surface area (Å²) in [5.41, 5.74) is 2.04. The molecule has 0 aliphatic rings. The number of nitrogens with zero attached hydrogens (tertiary/aromatic N) is 2. The van der Waals surface area contributed by atoms with Gasteiger partial charge < -0.3 is 10.6 Å². The number of amides is 2. The van der Waals surface area contributed by atoms with Crippen LogP contribution in [-0.4, -0.2) is 28.3 Å². The number of aryl methyl sites for hydroxylation is 3. The van der Waals surface area contributed by atoms with Gasteiger partial charge in [0.1, 0.15) is 5.82 Å². The molecule has 138 valence electrons. The molecule has 26 heavy (non-hydrogen) atoms. The van der Waals surface area contributed by atoms with Crippen molar-refractivity contribution in [2.24, 2.45) is 0 Å². The average Bonchev–Trinajstić information content (AvgIpc) is 2.60. The third-order valence-electron chi connectivity index (χ3n) is 4.00. The number of halogens is 1. The highest BCUT2D eigenvalue weighted by molar-refractivity contribution is 6.10. The fourth-order valence-electron chi connectivity index (χ4n) is 2.29. The van der Waals surface area contributed by atoms with E-state index in [9.17, 15) is 14.0 Å². The van der Waals surface area contributed by atoms with Crippen molar-refractivity contribution in [1.82, 2.24) is 15.3 Å². The molecule has 0 saturated heterocycles. The predicted molar refractivity (Wildman–Crippen MR) is 97.8 cm³/mol. The zero-order valence-electron chi connectivity index (χ0n) is 15.4. The number of carbonyl (C=O) groups excluding carboxylic acids is 2. The van der Waals surface area contributed by atoms with Gasteiger partial charge in [-0.05, 0) is 44.9 Å². The van der Waals surface area contributed by atoms with Gasteiger partial charge in [-0.15, -0.1) is 0 Å². The van der Waals surface area contributed by atoms with Crippen LogP contribution in [0.5, 0.6) is 0 Å². The number of nitrogens with one attached hydrogen (secondary N) is 2. The first kappa shape index (κ1) is 19.5. The monoisotopic (exact) mass is 358 g/mol. The van der Waals surface area contributed by atoms with Crippen molar-refractivity contribution in [2.75, 3.05) is 11.9 Å². The third-order valence-corrected chi connectivity index (χ3v) is 4.00. The number of anilines is 1. The van der Waals surface area contributed by atoms with Crippen molar-refractivity contribution >= 4 is 17.5 Å². The molecule has 0 aliphatic carbocycles. The van der Waals surface area contributed by atoms with Crippen molar-refractivity contribution in [3.05, 3.63) is 52.4 Å². The first-order valence-corrected chi connectivity index (χ1v) is 8.54. The van der Waals surface area contributed by atoms with Gasteiger partial charge in [0.05, 0.1) is 11.4 Å². The normalized spacial score (nSPS) is 10.5. The average molecular weight is 358 g/mol. The Kier molecular flexibility index (Phi) is 6.38. The molecule has 0 radical (unpaired) electrons. The van der Waals surface area contributed by atoms with Crippen LogP contribution in [0.1, 0.15) is 57.7 Å². The molecule has 1 aromatic heterocycles. The fourth-order valence-corrected chi connectivity index (χ4v) is 2.29. The van der Waals surface area contributed by atoms with E-state index in [2.05, 4.69) is 20.6 Å². The van der Waals surface area contributed by atoms with Crippen LogP contribution < -0.4 is 10.6 Å². The second kappa shape index (κ2) is 8.51. The van der Waals surface area contributed by atoms with E-state index < -0.39 is 17.6 Å². The summed E-state index contributed by atoms with van der Waals surface area (Å²) in [6.07, 6.45) is 1.76. The Labute approximate surface area is 152 Å². The first-order valence-electron chi connectivity index (χ1n) is 8.54. The summed E-state index contributed by atoms with van der Waals surface area (Å²) in [7, 11) is 0. The number of benzene rings is 1. The smallest absolute Gasteiger partial charge is 0.276 e. The minimum atomic E-state index is -0.602. The summed E-state index contributed by atoms with van der Waals surface area (Å²) >= 11 is 0. The Hall–Kier alpha value is -2.83. The molecule has 0 fully saturated rings. The highest BCUT2D eigenvalue weighted by Crippen LogP contribution is 2.18. The van der Waals surface area contributed by atoms with Crippen LogP contribution in [-0.2, 0) is 0 Å². The predicted octanol–water partition coefficient (Wildman–Crippen LogP) is 3.32. The summed E-state index contributed by atoms with van der Waals surface area (Å²) in [4.78, 5) is 33.6. The molecule has 0 atom stereocenters. The second-order valence-electron chi connectivity index (χ2n) is 6.11. The zero-order chi connectivity index (χ0) is 19.3. The Balaban J connectivity index is 2.34. The van der Waals surface area contributed by atoms with Crippen LogP contribution in [0, 0.1) is 26.6 Å². The van der Waals surface area contributed by atoms with Crippen LogP contribution in [0.2, 0.25) is 0 Å². The van der Waals surface area contributed by atoms with Gasteiger partial charge in [0, 0.05) is 12.2 Å². The Morgan fingerprint density at radius 1 is 1.04 bits per heavy atom. The number of aromatic nitrogens is 2. The van der Waals surface area contributed by atoms with Crippen LogP contribution in [0.4, 0.5) is 10.1 Å². The summed E-state index contributed by atoms with van der Waals surface area (Å²) in [5, 5.41) is 5.36. The quantitative estimate of drug-likeness (QED) is 0.776. The lowest BCUT2D eigenvalue weighted by Crippen LogP contribution is -2.30. The highest BCUT2D eigenvalue weighted by atomic mass is 19.1. The minimum Gasteiger partial charge on any atom is -0.351 e. The number of hydrogen-bond donors (Lipinski definition) is 2. The van der Waals surface area contributed by atoms with Gasteiger partial charge in [-0.2, -0.15) is 0 Å². The van der Waals surface area contributed by atoms with Crippen molar-refractivity contribution in [1.29, 1.82) is 0 Å². The first-order chi connectivity index (χ1) is 12.3. The number of rotatable bonds is 6. The molecule has 0 bridgehead atoms. The van der Waals surface area contributed by atoms with Gasteiger partial charge in [0.25, 0.3) is 11.8 Å². The van der Waals surface area contributed by atoms with Gasteiger partial charge in [0.2, 0.25) is 0 Å². The molecule has 0 saturated carbocycles. The molecule has 2 amide bonds. The van der Waals surface area contributed by atoms with E-state index >= 15 is 0 Å². The molecule has 1 heterocycles. The van der Waals surface area contributed by atoms with Crippen LogP contribution in [0.25, 0.3) is 0 Å². The van der Waals surface area contributed by atoms with E-state index in [1.54, 1.807) is 26.8 Å². The van der Waals surface area contributed by atoms with Crippen molar-refractivity contribution in [3.8, 4) is 0 Å². The summed E-state index contributed by atoms with van der Waals surface area (Å²) in [6.45, 7) is 7.70. The van der Waals surface area contributed by atoms with Crippen molar-refractivity contribution in [3.63, 3.8) is 0 Å². The van der Waals surface area contributed by atoms with E-state index in [1.165, 1.54) is 12.1 Å². The van der Waals surface area contributed by atoms with E-state index in [-0.39, 0.29) is 11.4 Å². The minimum absolute atomic E-state index is 0.0317. The largest absolute Gasteiger partial charge is 0.351 e. The Morgan fingerprint density at radius 2 is 1.65 bits per heavy atom. The lowest BCUT2D eigenvalue weighted by Gasteiger charge is -2.12. The molecule has 2 rings (SSSR count). The fraction of sp³-hybridized carbons (Fsp3) is 0.368. The van der Waals surface area contributed by atoms with Crippen LogP contribution >= 0.6 is 0 Å². The van der Waals surface area contributed by atoms with E-state index in [0.29, 0.717) is 29.2 Å². The van der Waals surface area contributed by atoms with Gasteiger partial charge in [-0.1, -0.05) is 19.4 Å². The van der Waals surface area contributed by atoms with E-state index in [1.807, 2.05) is 6.92 Å². The molecular formula is C19H23FN4O2. The van der Waals surface area contributed by atoms with Gasteiger partial charge >= 0.3 is 0 Å². The molecule has 2 N–H and O–H groups in total. The molecule has 1 aromatic carbocycles. The molecule has 0 spiro atoms. The van der Waals surface area contributed by atoms with E-state index in [0.717, 1.165) is 12.8 Å². The summed E-state index contributed by atoms with van der Waals surface area (Å²) in [6, 6.07) is 4.10. The van der Waals surface area contributed by atoms with Gasteiger partial charge in [0.15, 0.2) is 11.4 Å². The zero-order valence-corrected chi connectivity index (χ0v) is 15.4.